The first-order valence-corrected chi connectivity index (χ1v) is 6.32. The van der Waals surface area contributed by atoms with Crippen LogP contribution in [0.5, 0.6) is 5.75 Å². The van der Waals surface area contributed by atoms with Gasteiger partial charge >= 0.3 is 0 Å². The first kappa shape index (κ1) is 13.1. The van der Waals surface area contributed by atoms with Crippen molar-refractivity contribution in [3.05, 3.63) is 58.1 Å². The lowest BCUT2D eigenvalue weighted by Crippen LogP contribution is -2.06. The molecule has 18 heavy (non-hydrogen) atoms. The molecule has 0 aliphatic heterocycles. The topological polar surface area (TPSA) is 32.3 Å². The number of phenols is 1. The summed E-state index contributed by atoms with van der Waals surface area (Å²) in [6.45, 7) is 1.96. The van der Waals surface area contributed by atoms with Crippen LogP contribution >= 0.6 is 23.2 Å². The summed E-state index contributed by atoms with van der Waals surface area (Å²) in [6.07, 6.45) is 0. The monoisotopic (exact) mass is 281 g/mol. The summed E-state index contributed by atoms with van der Waals surface area (Å²) in [4.78, 5) is 0. The van der Waals surface area contributed by atoms with Crippen molar-refractivity contribution in [1.82, 2.24) is 0 Å². The molecule has 0 bridgehead atoms. The lowest BCUT2D eigenvalue weighted by atomic mass is 10.1. The van der Waals surface area contributed by atoms with Gasteiger partial charge in [0.05, 0.1) is 6.04 Å². The Morgan fingerprint density at radius 1 is 1.06 bits per heavy atom. The van der Waals surface area contributed by atoms with Gasteiger partial charge in [-0.05, 0) is 31.2 Å². The lowest BCUT2D eigenvalue weighted by Gasteiger charge is -2.17. The van der Waals surface area contributed by atoms with E-state index in [9.17, 15) is 5.11 Å². The Kier molecular flexibility index (Phi) is 4.00. The average molecular weight is 282 g/mol. The van der Waals surface area contributed by atoms with Gasteiger partial charge in [-0.1, -0.05) is 41.4 Å². The molecule has 2 aromatic rings. The van der Waals surface area contributed by atoms with Crippen LogP contribution in [0.15, 0.2) is 42.5 Å². The highest BCUT2D eigenvalue weighted by molar-refractivity contribution is 6.35. The number of benzene rings is 2. The minimum absolute atomic E-state index is 0.0410. The third-order valence-electron chi connectivity index (χ3n) is 2.65. The Balaban J connectivity index is 2.21. The van der Waals surface area contributed by atoms with E-state index in [1.807, 2.05) is 19.1 Å². The van der Waals surface area contributed by atoms with Gasteiger partial charge in [0.2, 0.25) is 0 Å². The Bertz CT molecular complexity index is 537. The minimum Gasteiger partial charge on any atom is -0.508 e. The van der Waals surface area contributed by atoms with E-state index in [0.29, 0.717) is 10.0 Å². The van der Waals surface area contributed by atoms with Crippen molar-refractivity contribution in [1.29, 1.82) is 0 Å². The smallest absolute Gasteiger partial charge is 0.120 e. The van der Waals surface area contributed by atoms with E-state index in [1.165, 1.54) is 0 Å². The summed E-state index contributed by atoms with van der Waals surface area (Å²) in [5, 5.41) is 14.2. The van der Waals surface area contributed by atoms with Crippen LogP contribution in [0.1, 0.15) is 18.5 Å². The molecule has 0 fully saturated rings. The fourth-order valence-corrected chi connectivity index (χ4v) is 2.34. The highest BCUT2D eigenvalue weighted by Gasteiger charge is 2.10. The Morgan fingerprint density at radius 2 is 1.67 bits per heavy atom. The van der Waals surface area contributed by atoms with E-state index in [0.717, 1.165) is 11.3 Å². The molecule has 2 N–H and O–H groups in total. The quantitative estimate of drug-likeness (QED) is 0.841. The molecule has 4 heteroatoms. The summed E-state index contributed by atoms with van der Waals surface area (Å²) in [5.41, 5.74) is 1.65. The van der Waals surface area contributed by atoms with Crippen LogP contribution in [0.3, 0.4) is 0 Å². The zero-order chi connectivity index (χ0) is 13.1. The minimum atomic E-state index is -0.0410. The summed E-state index contributed by atoms with van der Waals surface area (Å²) in [5.74, 6) is 0.269. The van der Waals surface area contributed by atoms with E-state index < -0.39 is 0 Å². The zero-order valence-corrected chi connectivity index (χ0v) is 11.3. The molecule has 0 heterocycles. The number of halogens is 2. The number of para-hydroxylation sites is 1. The standard InChI is InChI=1S/C14H13Cl2NO/c1-9(13-4-2-3-5-14(13)18)17-12-7-10(15)6-11(16)8-12/h2-9,17-18H,1H3. The predicted octanol–water partition coefficient (Wildman–Crippen LogP) is 4.87. The zero-order valence-electron chi connectivity index (χ0n) is 9.82. The average Bonchev–Trinajstić information content (AvgIpc) is 2.27. The van der Waals surface area contributed by atoms with Crippen molar-refractivity contribution in [2.24, 2.45) is 0 Å². The summed E-state index contributed by atoms with van der Waals surface area (Å²) in [7, 11) is 0. The second-order valence-corrected chi connectivity index (χ2v) is 4.96. The second kappa shape index (κ2) is 5.51. The van der Waals surface area contributed by atoms with Gasteiger partial charge in [0.1, 0.15) is 5.75 Å². The van der Waals surface area contributed by atoms with Crippen LogP contribution in [0, 0.1) is 0 Å². The summed E-state index contributed by atoms with van der Waals surface area (Å²) >= 11 is 11.9. The van der Waals surface area contributed by atoms with Gasteiger partial charge in [-0.3, -0.25) is 0 Å². The maximum atomic E-state index is 9.78. The summed E-state index contributed by atoms with van der Waals surface area (Å²) in [6, 6.07) is 12.4. The van der Waals surface area contributed by atoms with Crippen molar-refractivity contribution < 1.29 is 5.11 Å². The first-order valence-electron chi connectivity index (χ1n) is 5.57. The van der Waals surface area contributed by atoms with Gasteiger partial charge in [0, 0.05) is 21.3 Å². The molecule has 0 radical (unpaired) electrons. The van der Waals surface area contributed by atoms with Gasteiger partial charge in [-0.15, -0.1) is 0 Å². The number of nitrogens with one attached hydrogen (secondary N) is 1. The third kappa shape index (κ3) is 3.09. The van der Waals surface area contributed by atoms with Crippen LogP contribution in [-0.4, -0.2) is 5.11 Å². The van der Waals surface area contributed by atoms with Gasteiger partial charge in [-0.25, -0.2) is 0 Å². The molecule has 1 unspecified atom stereocenters. The molecule has 2 nitrogen and oxygen atoms in total. The number of phenolic OH excluding ortho intramolecular Hbond substituents is 1. The largest absolute Gasteiger partial charge is 0.508 e. The van der Waals surface area contributed by atoms with Crippen molar-refractivity contribution in [3.63, 3.8) is 0 Å². The first-order chi connectivity index (χ1) is 8.56. The normalized spacial score (nSPS) is 12.2. The van der Waals surface area contributed by atoms with Gasteiger partial charge in [0.25, 0.3) is 0 Å². The SMILES string of the molecule is CC(Nc1cc(Cl)cc(Cl)c1)c1ccccc1O. The molecular weight excluding hydrogens is 269 g/mol. The van der Waals surface area contributed by atoms with Crippen LogP contribution in [0.4, 0.5) is 5.69 Å². The molecule has 0 saturated carbocycles. The Morgan fingerprint density at radius 3 is 2.28 bits per heavy atom. The van der Waals surface area contributed by atoms with Gasteiger partial charge in [-0.2, -0.15) is 0 Å². The van der Waals surface area contributed by atoms with Crippen molar-refractivity contribution >= 4 is 28.9 Å². The molecule has 2 aromatic carbocycles. The predicted molar refractivity (Wildman–Crippen MR) is 76.6 cm³/mol. The maximum absolute atomic E-state index is 9.78. The molecule has 0 aliphatic rings. The maximum Gasteiger partial charge on any atom is 0.120 e. The highest BCUT2D eigenvalue weighted by atomic mass is 35.5. The molecule has 0 saturated heterocycles. The lowest BCUT2D eigenvalue weighted by molar-refractivity contribution is 0.465. The Labute approximate surface area is 116 Å². The number of anilines is 1. The van der Waals surface area contributed by atoms with Crippen molar-refractivity contribution in [2.45, 2.75) is 13.0 Å². The molecule has 2 rings (SSSR count). The van der Waals surface area contributed by atoms with E-state index in [4.69, 9.17) is 23.2 Å². The van der Waals surface area contributed by atoms with Crippen LogP contribution in [0.25, 0.3) is 0 Å². The van der Waals surface area contributed by atoms with Crippen LogP contribution in [0.2, 0.25) is 10.0 Å². The molecule has 0 aromatic heterocycles. The molecule has 0 aliphatic carbocycles. The Hall–Kier alpha value is -1.38. The summed E-state index contributed by atoms with van der Waals surface area (Å²) < 4.78 is 0. The molecular formula is C14H13Cl2NO. The number of aromatic hydroxyl groups is 1. The van der Waals surface area contributed by atoms with E-state index in [-0.39, 0.29) is 11.8 Å². The third-order valence-corrected chi connectivity index (χ3v) is 3.09. The number of hydrogen-bond acceptors (Lipinski definition) is 2. The second-order valence-electron chi connectivity index (χ2n) is 4.08. The van der Waals surface area contributed by atoms with E-state index >= 15 is 0 Å². The molecule has 0 spiro atoms. The number of hydrogen-bond donors (Lipinski definition) is 2. The van der Waals surface area contributed by atoms with Crippen LogP contribution in [-0.2, 0) is 0 Å². The van der Waals surface area contributed by atoms with E-state index in [2.05, 4.69) is 5.32 Å². The van der Waals surface area contributed by atoms with Crippen LogP contribution < -0.4 is 5.32 Å². The van der Waals surface area contributed by atoms with Crippen molar-refractivity contribution in [3.8, 4) is 5.75 Å². The molecule has 0 amide bonds. The number of rotatable bonds is 3. The van der Waals surface area contributed by atoms with Crippen molar-refractivity contribution in [2.75, 3.05) is 5.32 Å². The molecule has 94 valence electrons. The van der Waals surface area contributed by atoms with Gasteiger partial charge in [0.15, 0.2) is 0 Å². The van der Waals surface area contributed by atoms with Gasteiger partial charge < -0.3 is 10.4 Å². The fraction of sp³-hybridized carbons (Fsp3) is 0.143. The fourth-order valence-electron chi connectivity index (χ4n) is 1.82. The molecule has 1 atom stereocenters. The highest BCUT2D eigenvalue weighted by Crippen LogP contribution is 2.29. The van der Waals surface area contributed by atoms with E-state index in [1.54, 1.807) is 30.3 Å².